The summed E-state index contributed by atoms with van der Waals surface area (Å²) in [6, 6.07) is 3.13. The van der Waals surface area contributed by atoms with Crippen LogP contribution in [-0.2, 0) is 17.1 Å². The lowest BCUT2D eigenvalue weighted by Gasteiger charge is -2.12. The topological polar surface area (TPSA) is 90.0 Å². The summed E-state index contributed by atoms with van der Waals surface area (Å²) < 4.78 is 29.5. The first-order valence-electron chi connectivity index (χ1n) is 5.79. The number of rotatable bonds is 4. The second-order valence-electron chi connectivity index (χ2n) is 4.41. The molecule has 1 unspecified atom stereocenters. The number of anilines is 1. The Morgan fingerprint density at radius 1 is 1.50 bits per heavy atom. The molecule has 9 heteroatoms. The van der Waals surface area contributed by atoms with Crippen LogP contribution in [0.15, 0.2) is 17.0 Å². The maximum atomic E-state index is 12.4. The third kappa shape index (κ3) is 2.83. The first kappa shape index (κ1) is 15.3. The van der Waals surface area contributed by atoms with Crippen LogP contribution in [0.5, 0.6) is 0 Å². The third-order valence-corrected chi connectivity index (χ3v) is 6.05. The van der Waals surface area contributed by atoms with Crippen molar-refractivity contribution in [3.63, 3.8) is 0 Å². The fourth-order valence-corrected chi connectivity index (χ4v) is 4.54. The highest BCUT2D eigenvalue weighted by Gasteiger charge is 2.26. The number of aryl methyl sites for hydroxylation is 1. The summed E-state index contributed by atoms with van der Waals surface area (Å²) in [5.41, 5.74) is 6.17. The molecule has 0 bridgehead atoms. The molecule has 2 aromatic heterocycles. The summed E-state index contributed by atoms with van der Waals surface area (Å²) in [4.78, 5) is 0.855. The first-order chi connectivity index (χ1) is 9.22. The number of hydrogen-bond donors (Lipinski definition) is 2. The Balaban J connectivity index is 2.32. The minimum Gasteiger partial charge on any atom is -0.381 e. The standard InChI is InChI=1S/C11H15ClN4O2S2/c1-6(8-4-5-9(12)19-8)15-20(17,18)10-7(2)16(3)14-11(10)13/h4-6,15H,1-3H3,(H2,13,14). The minimum absolute atomic E-state index is 0.00564. The van der Waals surface area contributed by atoms with E-state index in [0.717, 1.165) is 4.88 Å². The molecular weight excluding hydrogens is 320 g/mol. The number of nitrogens with zero attached hydrogens (tertiary/aromatic N) is 2. The summed E-state index contributed by atoms with van der Waals surface area (Å²) in [7, 11) is -2.09. The maximum Gasteiger partial charge on any atom is 0.246 e. The van der Waals surface area contributed by atoms with Crippen molar-refractivity contribution in [2.24, 2.45) is 7.05 Å². The SMILES string of the molecule is Cc1c(S(=O)(=O)NC(C)c2ccc(Cl)s2)c(N)nn1C. The molecule has 2 aromatic rings. The van der Waals surface area contributed by atoms with Gasteiger partial charge in [0, 0.05) is 11.9 Å². The average Bonchev–Trinajstić information content (AvgIpc) is 2.84. The van der Waals surface area contributed by atoms with E-state index in [4.69, 9.17) is 17.3 Å². The van der Waals surface area contributed by atoms with Crippen LogP contribution in [0.4, 0.5) is 5.82 Å². The van der Waals surface area contributed by atoms with Gasteiger partial charge in [-0.05, 0) is 26.0 Å². The lowest BCUT2D eigenvalue weighted by molar-refractivity contribution is 0.568. The highest BCUT2D eigenvalue weighted by Crippen LogP contribution is 2.29. The highest BCUT2D eigenvalue weighted by molar-refractivity contribution is 7.89. The van der Waals surface area contributed by atoms with Crippen molar-refractivity contribution in [1.29, 1.82) is 0 Å². The zero-order chi connectivity index (χ0) is 15.1. The summed E-state index contributed by atoms with van der Waals surface area (Å²) in [5.74, 6) is -0.00564. The zero-order valence-electron chi connectivity index (χ0n) is 11.2. The second-order valence-corrected chi connectivity index (χ2v) is 7.81. The molecule has 20 heavy (non-hydrogen) atoms. The van der Waals surface area contributed by atoms with E-state index >= 15 is 0 Å². The summed E-state index contributed by atoms with van der Waals surface area (Å²) in [6.45, 7) is 3.41. The number of halogens is 1. The molecule has 0 saturated carbocycles. The van der Waals surface area contributed by atoms with E-state index in [1.807, 2.05) is 0 Å². The second kappa shape index (κ2) is 5.36. The Hall–Kier alpha value is -1.09. The van der Waals surface area contributed by atoms with Gasteiger partial charge in [0.2, 0.25) is 10.0 Å². The molecule has 0 saturated heterocycles. The largest absolute Gasteiger partial charge is 0.381 e. The average molecular weight is 335 g/mol. The number of nitrogens with two attached hydrogens (primary N) is 1. The van der Waals surface area contributed by atoms with Gasteiger partial charge in [-0.2, -0.15) is 5.10 Å². The van der Waals surface area contributed by atoms with Crippen molar-refractivity contribution in [3.8, 4) is 0 Å². The molecule has 2 heterocycles. The molecule has 6 nitrogen and oxygen atoms in total. The summed E-state index contributed by atoms with van der Waals surface area (Å²) in [5, 5.41) is 3.92. The molecule has 0 amide bonds. The van der Waals surface area contributed by atoms with Gasteiger partial charge in [-0.15, -0.1) is 11.3 Å². The van der Waals surface area contributed by atoms with Crippen molar-refractivity contribution in [2.75, 3.05) is 5.73 Å². The summed E-state index contributed by atoms with van der Waals surface area (Å²) in [6.07, 6.45) is 0. The first-order valence-corrected chi connectivity index (χ1v) is 8.46. The van der Waals surface area contributed by atoms with Gasteiger partial charge in [-0.3, -0.25) is 4.68 Å². The van der Waals surface area contributed by atoms with Crippen LogP contribution >= 0.6 is 22.9 Å². The Kier molecular flexibility index (Phi) is 4.10. The molecule has 0 aromatic carbocycles. The predicted octanol–water partition coefficient (Wildman–Crippen LogP) is 2.07. The van der Waals surface area contributed by atoms with Crippen LogP contribution < -0.4 is 10.5 Å². The van der Waals surface area contributed by atoms with Crippen LogP contribution in [0.3, 0.4) is 0 Å². The van der Waals surface area contributed by atoms with Crippen LogP contribution in [0, 0.1) is 6.92 Å². The van der Waals surface area contributed by atoms with E-state index in [1.54, 1.807) is 33.0 Å². The molecule has 0 aliphatic rings. The van der Waals surface area contributed by atoms with Gasteiger partial charge < -0.3 is 5.73 Å². The number of nitrogen functional groups attached to an aromatic ring is 1. The molecule has 0 aliphatic heterocycles. The predicted molar refractivity (Wildman–Crippen MR) is 80.4 cm³/mol. The van der Waals surface area contributed by atoms with E-state index in [9.17, 15) is 8.42 Å². The van der Waals surface area contributed by atoms with Gasteiger partial charge in [0.1, 0.15) is 4.90 Å². The lowest BCUT2D eigenvalue weighted by Crippen LogP contribution is -2.27. The van der Waals surface area contributed by atoms with E-state index < -0.39 is 16.1 Å². The molecule has 3 N–H and O–H groups in total. The van der Waals surface area contributed by atoms with Crippen LogP contribution in [0.25, 0.3) is 0 Å². The molecule has 2 rings (SSSR count). The van der Waals surface area contributed by atoms with Crippen molar-refractivity contribution in [1.82, 2.24) is 14.5 Å². The third-order valence-electron chi connectivity index (χ3n) is 2.93. The maximum absolute atomic E-state index is 12.4. The van der Waals surface area contributed by atoms with E-state index in [1.165, 1.54) is 16.0 Å². The number of sulfonamides is 1. The van der Waals surface area contributed by atoms with Crippen LogP contribution in [0.2, 0.25) is 4.34 Å². The normalized spacial score (nSPS) is 13.6. The Morgan fingerprint density at radius 3 is 2.60 bits per heavy atom. The smallest absolute Gasteiger partial charge is 0.246 e. The molecular formula is C11H15ClN4O2S2. The van der Waals surface area contributed by atoms with Gasteiger partial charge >= 0.3 is 0 Å². The number of nitrogens with one attached hydrogen (secondary N) is 1. The van der Waals surface area contributed by atoms with Gasteiger partial charge in [0.05, 0.1) is 16.1 Å². The Bertz CT molecular complexity index is 736. The van der Waals surface area contributed by atoms with Gasteiger partial charge in [0.25, 0.3) is 0 Å². The van der Waals surface area contributed by atoms with Gasteiger partial charge in [-0.25, -0.2) is 13.1 Å². The van der Waals surface area contributed by atoms with E-state index in [2.05, 4.69) is 9.82 Å². The zero-order valence-corrected chi connectivity index (χ0v) is 13.6. The van der Waals surface area contributed by atoms with E-state index in [-0.39, 0.29) is 10.7 Å². The number of thiophene rings is 1. The fourth-order valence-electron chi connectivity index (χ4n) is 1.86. The van der Waals surface area contributed by atoms with E-state index in [0.29, 0.717) is 10.0 Å². The highest BCUT2D eigenvalue weighted by atomic mass is 35.5. The molecule has 0 aliphatic carbocycles. The van der Waals surface area contributed by atoms with Gasteiger partial charge in [0.15, 0.2) is 5.82 Å². The van der Waals surface area contributed by atoms with Gasteiger partial charge in [-0.1, -0.05) is 11.6 Å². The monoisotopic (exact) mass is 334 g/mol. The van der Waals surface area contributed by atoms with Crippen molar-refractivity contribution in [3.05, 3.63) is 27.0 Å². The summed E-state index contributed by atoms with van der Waals surface area (Å²) >= 11 is 7.19. The molecule has 0 fully saturated rings. The van der Waals surface area contributed by atoms with Crippen molar-refractivity contribution < 1.29 is 8.42 Å². The number of aromatic nitrogens is 2. The lowest BCUT2D eigenvalue weighted by atomic mass is 10.3. The molecule has 1 atom stereocenters. The number of hydrogen-bond acceptors (Lipinski definition) is 5. The Labute approximate surface area is 126 Å². The molecule has 110 valence electrons. The van der Waals surface area contributed by atoms with Crippen LogP contribution in [0.1, 0.15) is 23.5 Å². The van der Waals surface area contributed by atoms with Crippen molar-refractivity contribution in [2.45, 2.75) is 24.8 Å². The molecule has 0 radical (unpaired) electrons. The van der Waals surface area contributed by atoms with Crippen molar-refractivity contribution >= 4 is 38.8 Å². The quantitative estimate of drug-likeness (QED) is 0.895. The van der Waals surface area contributed by atoms with Crippen LogP contribution in [-0.4, -0.2) is 18.2 Å². The minimum atomic E-state index is -3.73. The molecule has 0 spiro atoms. The fraction of sp³-hybridized carbons (Fsp3) is 0.364. The Morgan fingerprint density at radius 2 is 2.15 bits per heavy atom.